The molecule has 1 fully saturated rings. The quantitative estimate of drug-likeness (QED) is 0.815. The van der Waals surface area contributed by atoms with Crippen LogP contribution in [0.1, 0.15) is 38.3 Å². The Morgan fingerprint density at radius 3 is 2.80 bits per heavy atom. The molecule has 1 heterocycles. The molecule has 2 heteroatoms. The van der Waals surface area contributed by atoms with Crippen molar-refractivity contribution in [3.05, 3.63) is 30.1 Å². The minimum atomic E-state index is 0.536. The van der Waals surface area contributed by atoms with Crippen LogP contribution in [0.5, 0.6) is 0 Å². The zero-order valence-corrected chi connectivity index (χ0v) is 9.50. The summed E-state index contributed by atoms with van der Waals surface area (Å²) in [6.45, 7) is 4.42. The molecule has 0 aromatic carbocycles. The monoisotopic (exact) mass is 204 g/mol. The molecule has 0 unspecified atom stereocenters. The molecule has 1 saturated carbocycles. The van der Waals surface area contributed by atoms with Gasteiger partial charge in [-0.05, 0) is 30.4 Å². The average molecular weight is 204 g/mol. The third-order valence-electron chi connectivity index (χ3n) is 3.39. The molecule has 1 aliphatic carbocycles. The summed E-state index contributed by atoms with van der Waals surface area (Å²) in [5, 5.41) is 3.52. The Bertz CT molecular complexity index is 289. The van der Waals surface area contributed by atoms with Gasteiger partial charge in [-0.15, -0.1) is 0 Å². The summed E-state index contributed by atoms with van der Waals surface area (Å²) in [5.74, 6) is 0. The van der Waals surface area contributed by atoms with Gasteiger partial charge < -0.3 is 5.32 Å². The predicted molar refractivity (Wildman–Crippen MR) is 62.5 cm³/mol. The Morgan fingerprint density at radius 1 is 1.33 bits per heavy atom. The lowest BCUT2D eigenvalue weighted by Crippen LogP contribution is -2.29. The second-order valence-corrected chi connectivity index (χ2v) is 4.94. The van der Waals surface area contributed by atoms with Crippen LogP contribution < -0.4 is 5.32 Å². The highest BCUT2D eigenvalue weighted by atomic mass is 14.9. The molecule has 0 spiro atoms. The summed E-state index contributed by atoms with van der Waals surface area (Å²) in [4.78, 5) is 4.30. The van der Waals surface area contributed by atoms with E-state index in [9.17, 15) is 0 Å². The molecule has 2 rings (SSSR count). The SMILES string of the molecule is CC1(CNCc2ccccn2)CCCC1. The first kappa shape index (κ1) is 10.6. The summed E-state index contributed by atoms with van der Waals surface area (Å²) in [6, 6.07) is 6.08. The largest absolute Gasteiger partial charge is 0.311 e. The lowest BCUT2D eigenvalue weighted by Gasteiger charge is -2.23. The Balaban J connectivity index is 1.75. The van der Waals surface area contributed by atoms with Crippen molar-refractivity contribution in [1.29, 1.82) is 0 Å². The zero-order chi connectivity index (χ0) is 10.6. The molecule has 1 aromatic heterocycles. The van der Waals surface area contributed by atoms with E-state index in [-0.39, 0.29) is 0 Å². The molecule has 1 aliphatic rings. The smallest absolute Gasteiger partial charge is 0.0541 e. The fourth-order valence-electron chi connectivity index (χ4n) is 2.40. The molecular weight excluding hydrogens is 184 g/mol. The van der Waals surface area contributed by atoms with Gasteiger partial charge in [-0.25, -0.2) is 0 Å². The number of pyridine rings is 1. The summed E-state index contributed by atoms with van der Waals surface area (Å²) in [6.07, 6.45) is 7.42. The van der Waals surface area contributed by atoms with Gasteiger partial charge in [0.25, 0.3) is 0 Å². The van der Waals surface area contributed by atoms with Gasteiger partial charge in [-0.3, -0.25) is 4.98 Å². The van der Waals surface area contributed by atoms with E-state index in [0.717, 1.165) is 18.8 Å². The van der Waals surface area contributed by atoms with E-state index in [1.54, 1.807) is 0 Å². The molecule has 1 N–H and O–H groups in total. The van der Waals surface area contributed by atoms with Crippen LogP contribution in [0.25, 0.3) is 0 Å². The van der Waals surface area contributed by atoms with Crippen LogP contribution >= 0.6 is 0 Å². The minimum absolute atomic E-state index is 0.536. The van der Waals surface area contributed by atoms with E-state index in [0.29, 0.717) is 5.41 Å². The van der Waals surface area contributed by atoms with E-state index < -0.39 is 0 Å². The van der Waals surface area contributed by atoms with Gasteiger partial charge in [-0.2, -0.15) is 0 Å². The standard InChI is InChI=1S/C13H20N2/c1-13(7-3-4-8-13)11-14-10-12-6-2-5-9-15-12/h2,5-6,9,14H,3-4,7-8,10-11H2,1H3. The maximum Gasteiger partial charge on any atom is 0.0541 e. The lowest BCUT2D eigenvalue weighted by molar-refractivity contribution is 0.314. The van der Waals surface area contributed by atoms with Crippen LogP contribution in [-0.2, 0) is 6.54 Å². The van der Waals surface area contributed by atoms with Gasteiger partial charge in [-0.1, -0.05) is 25.8 Å². The van der Waals surface area contributed by atoms with Crippen LogP contribution in [0.3, 0.4) is 0 Å². The van der Waals surface area contributed by atoms with Crippen molar-refractivity contribution < 1.29 is 0 Å². The first-order valence-electron chi connectivity index (χ1n) is 5.89. The normalized spacial score (nSPS) is 19.3. The van der Waals surface area contributed by atoms with Gasteiger partial charge in [0.1, 0.15) is 0 Å². The van der Waals surface area contributed by atoms with Gasteiger partial charge in [0.15, 0.2) is 0 Å². The number of nitrogens with zero attached hydrogens (tertiary/aromatic N) is 1. The van der Waals surface area contributed by atoms with Crippen molar-refractivity contribution in [2.45, 2.75) is 39.2 Å². The highest BCUT2D eigenvalue weighted by Gasteiger charge is 2.27. The fraction of sp³-hybridized carbons (Fsp3) is 0.615. The van der Waals surface area contributed by atoms with Crippen molar-refractivity contribution >= 4 is 0 Å². The molecule has 0 atom stereocenters. The second-order valence-electron chi connectivity index (χ2n) is 4.94. The third-order valence-corrected chi connectivity index (χ3v) is 3.39. The van der Waals surface area contributed by atoms with E-state index >= 15 is 0 Å². The first-order valence-corrected chi connectivity index (χ1v) is 5.89. The number of hydrogen-bond acceptors (Lipinski definition) is 2. The highest BCUT2D eigenvalue weighted by molar-refractivity contribution is 5.03. The molecule has 0 saturated heterocycles. The molecule has 82 valence electrons. The van der Waals surface area contributed by atoms with Gasteiger partial charge in [0.05, 0.1) is 5.69 Å². The molecule has 2 nitrogen and oxygen atoms in total. The topological polar surface area (TPSA) is 24.9 Å². The van der Waals surface area contributed by atoms with Gasteiger partial charge >= 0.3 is 0 Å². The molecule has 1 aromatic rings. The van der Waals surface area contributed by atoms with Gasteiger partial charge in [0, 0.05) is 19.3 Å². The van der Waals surface area contributed by atoms with Crippen LogP contribution in [0.15, 0.2) is 24.4 Å². The Kier molecular flexibility index (Phi) is 3.37. The Morgan fingerprint density at radius 2 is 2.13 bits per heavy atom. The zero-order valence-electron chi connectivity index (χ0n) is 9.50. The fourth-order valence-corrected chi connectivity index (χ4v) is 2.40. The predicted octanol–water partition coefficient (Wildman–Crippen LogP) is 2.75. The van der Waals surface area contributed by atoms with E-state index in [1.807, 2.05) is 18.3 Å². The number of hydrogen-bond donors (Lipinski definition) is 1. The highest BCUT2D eigenvalue weighted by Crippen LogP contribution is 2.36. The molecule has 0 amide bonds. The minimum Gasteiger partial charge on any atom is -0.311 e. The van der Waals surface area contributed by atoms with Crippen molar-refractivity contribution in [3.8, 4) is 0 Å². The molecule has 0 aliphatic heterocycles. The Hall–Kier alpha value is -0.890. The summed E-state index contributed by atoms with van der Waals surface area (Å²) < 4.78 is 0. The van der Waals surface area contributed by atoms with Crippen LogP contribution in [0, 0.1) is 5.41 Å². The summed E-state index contributed by atoms with van der Waals surface area (Å²) in [5.41, 5.74) is 1.67. The first-order chi connectivity index (χ1) is 7.29. The van der Waals surface area contributed by atoms with Crippen molar-refractivity contribution in [3.63, 3.8) is 0 Å². The van der Waals surface area contributed by atoms with Gasteiger partial charge in [0.2, 0.25) is 0 Å². The van der Waals surface area contributed by atoms with E-state index in [1.165, 1.54) is 25.7 Å². The van der Waals surface area contributed by atoms with E-state index in [4.69, 9.17) is 0 Å². The van der Waals surface area contributed by atoms with Crippen LogP contribution in [0.2, 0.25) is 0 Å². The maximum atomic E-state index is 4.30. The number of rotatable bonds is 4. The number of nitrogens with one attached hydrogen (secondary N) is 1. The van der Waals surface area contributed by atoms with Crippen molar-refractivity contribution in [1.82, 2.24) is 10.3 Å². The maximum absolute atomic E-state index is 4.30. The molecule has 0 radical (unpaired) electrons. The summed E-state index contributed by atoms with van der Waals surface area (Å²) in [7, 11) is 0. The van der Waals surface area contributed by atoms with Crippen molar-refractivity contribution in [2.24, 2.45) is 5.41 Å². The van der Waals surface area contributed by atoms with Crippen LogP contribution in [-0.4, -0.2) is 11.5 Å². The second kappa shape index (κ2) is 4.75. The molecule has 15 heavy (non-hydrogen) atoms. The van der Waals surface area contributed by atoms with Crippen LogP contribution in [0.4, 0.5) is 0 Å². The summed E-state index contributed by atoms with van der Waals surface area (Å²) >= 11 is 0. The lowest BCUT2D eigenvalue weighted by atomic mass is 9.89. The van der Waals surface area contributed by atoms with Crippen molar-refractivity contribution in [2.75, 3.05) is 6.54 Å². The van der Waals surface area contributed by atoms with E-state index in [2.05, 4.69) is 23.3 Å². The molecular formula is C13H20N2. The third kappa shape index (κ3) is 3.03. The molecule has 0 bridgehead atoms. The average Bonchev–Trinajstić information content (AvgIpc) is 2.67. The Labute approximate surface area is 92.1 Å². The number of aromatic nitrogens is 1.